The van der Waals surface area contributed by atoms with Gasteiger partial charge in [-0.2, -0.15) is 0 Å². The van der Waals surface area contributed by atoms with E-state index >= 15 is 0 Å². The zero-order valence-corrected chi connectivity index (χ0v) is 17.2. The predicted molar refractivity (Wildman–Crippen MR) is 111 cm³/mol. The largest absolute Gasteiger partial charge is 0.143 e. The van der Waals surface area contributed by atoms with Crippen molar-refractivity contribution in [2.45, 2.75) is 38.5 Å². The molecule has 0 atom stereocenters. The highest BCUT2D eigenvalue weighted by atomic mass is 32.1. The molecular weight excluding hydrogens is 368 g/mol. The van der Waals surface area contributed by atoms with E-state index in [0.717, 1.165) is 0 Å². The lowest BCUT2D eigenvalue weighted by molar-refractivity contribution is 0.666. The highest BCUT2D eigenvalue weighted by molar-refractivity contribution is 7.34. The van der Waals surface area contributed by atoms with E-state index in [1.54, 1.807) is 30.3 Å². The van der Waals surface area contributed by atoms with Gasteiger partial charge in [-0.25, -0.2) is 0 Å². The molecule has 0 saturated carbocycles. The Kier molecular flexibility index (Phi) is 2.41. The summed E-state index contributed by atoms with van der Waals surface area (Å²) in [6.45, 7) is 9.62. The van der Waals surface area contributed by atoms with Crippen molar-refractivity contribution < 1.29 is 0 Å². The molecule has 2 aliphatic rings. The molecule has 120 valence electrons. The van der Waals surface area contributed by atoms with Gasteiger partial charge >= 0.3 is 0 Å². The third-order valence-electron chi connectivity index (χ3n) is 5.86. The van der Waals surface area contributed by atoms with E-state index in [4.69, 9.17) is 0 Å². The Bertz CT molecular complexity index is 1060. The van der Waals surface area contributed by atoms with Crippen LogP contribution in [0.25, 0.3) is 28.9 Å². The zero-order chi connectivity index (χ0) is 16.4. The maximum atomic E-state index is 2.41. The van der Waals surface area contributed by atoms with E-state index in [2.05, 4.69) is 50.6 Å². The smallest absolute Gasteiger partial charge is 0.0508 e. The van der Waals surface area contributed by atoms with E-state index in [1.165, 1.54) is 20.9 Å². The van der Waals surface area contributed by atoms with Crippen LogP contribution in [-0.2, 0) is 10.8 Å². The summed E-state index contributed by atoms with van der Waals surface area (Å²) in [5.41, 5.74) is 6.53. The molecule has 4 aromatic heterocycles. The summed E-state index contributed by atoms with van der Waals surface area (Å²) < 4.78 is 3.11. The molecule has 0 N–H and O–H groups in total. The van der Waals surface area contributed by atoms with Gasteiger partial charge < -0.3 is 0 Å². The van der Waals surface area contributed by atoms with Gasteiger partial charge in [0.15, 0.2) is 0 Å². The third-order valence-corrected chi connectivity index (χ3v) is 10.6. The Morgan fingerprint density at radius 2 is 1.04 bits per heavy atom. The van der Waals surface area contributed by atoms with Gasteiger partial charge in [-0.05, 0) is 45.1 Å². The van der Waals surface area contributed by atoms with Crippen molar-refractivity contribution >= 4 is 54.7 Å². The number of hydrogen-bond donors (Lipinski definition) is 0. The highest BCUT2D eigenvalue weighted by Crippen LogP contribution is 2.64. The Hall–Kier alpha value is -0.940. The lowest BCUT2D eigenvalue weighted by Gasteiger charge is -2.20. The number of thiophene rings is 4. The molecule has 0 spiro atoms. The SMILES string of the molecule is CC1(C)c2ccsc2-c2sc3c4c(sc3c21)-c1sccc1C4(C)C. The summed E-state index contributed by atoms with van der Waals surface area (Å²) in [7, 11) is 0. The molecule has 24 heavy (non-hydrogen) atoms. The fourth-order valence-electron chi connectivity index (χ4n) is 4.61. The summed E-state index contributed by atoms with van der Waals surface area (Å²) in [6.07, 6.45) is 0. The predicted octanol–water partition coefficient (Wildman–Crippen LogP) is 7.70. The van der Waals surface area contributed by atoms with Crippen LogP contribution in [0.5, 0.6) is 0 Å². The van der Waals surface area contributed by atoms with Crippen LogP contribution in [0.1, 0.15) is 49.9 Å². The maximum absolute atomic E-state index is 2.41. The molecule has 4 heteroatoms. The van der Waals surface area contributed by atoms with Gasteiger partial charge in [-0.1, -0.05) is 27.7 Å². The van der Waals surface area contributed by atoms with Gasteiger partial charge in [0.25, 0.3) is 0 Å². The second-order valence-electron chi connectivity index (χ2n) is 7.85. The van der Waals surface area contributed by atoms with Crippen LogP contribution in [0.2, 0.25) is 0 Å². The average molecular weight is 385 g/mol. The summed E-state index contributed by atoms with van der Waals surface area (Å²) in [5, 5.41) is 4.52. The van der Waals surface area contributed by atoms with Crippen LogP contribution >= 0.6 is 45.3 Å². The van der Waals surface area contributed by atoms with Crippen molar-refractivity contribution in [3.05, 3.63) is 45.1 Å². The van der Waals surface area contributed by atoms with Gasteiger partial charge in [0, 0.05) is 20.6 Å². The lowest BCUT2D eigenvalue weighted by Crippen LogP contribution is -2.14. The summed E-state index contributed by atoms with van der Waals surface area (Å²) in [5.74, 6) is 0. The molecule has 0 radical (unpaired) electrons. The van der Waals surface area contributed by atoms with Crippen LogP contribution in [0.15, 0.2) is 22.9 Å². The van der Waals surface area contributed by atoms with Crippen LogP contribution in [0.3, 0.4) is 0 Å². The Labute approximate surface area is 157 Å². The number of fused-ring (bicyclic) bond motifs is 9. The normalized spacial score (nSPS) is 18.7. The minimum absolute atomic E-state index is 0.143. The monoisotopic (exact) mass is 384 g/mol. The first-order valence-corrected chi connectivity index (χ1v) is 11.6. The second-order valence-corrected chi connectivity index (χ2v) is 11.7. The molecule has 0 fully saturated rings. The lowest BCUT2D eigenvalue weighted by atomic mass is 9.82. The first kappa shape index (κ1) is 14.3. The first-order valence-electron chi connectivity index (χ1n) is 8.19. The van der Waals surface area contributed by atoms with Crippen LogP contribution in [-0.4, -0.2) is 0 Å². The van der Waals surface area contributed by atoms with Gasteiger partial charge in [0.05, 0.1) is 19.2 Å². The van der Waals surface area contributed by atoms with Crippen molar-refractivity contribution in [3.63, 3.8) is 0 Å². The second kappa shape index (κ2) is 4.07. The van der Waals surface area contributed by atoms with E-state index < -0.39 is 0 Å². The Morgan fingerprint density at radius 3 is 1.46 bits per heavy atom. The summed E-state index contributed by atoms with van der Waals surface area (Å²) >= 11 is 7.93. The topological polar surface area (TPSA) is 0 Å². The molecule has 0 aliphatic heterocycles. The fourth-order valence-corrected chi connectivity index (χ4v) is 10.6. The molecular formula is C20H16S4. The molecule has 0 unspecified atom stereocenters. The van der Waals surface area contributed by atoms with Crippen LogP contribution < -0.4 is 0 Å². The van der Waals surface area contributed by atoms with Crippen molar-refractivity contribution in [2.75, 3.05) is 0 Å². The molecule has 0 bridgehead atoms. The highest BCUT2D eigenvalue weighted by Gasteiger charge is 2.45. The quantitative estimate of drug-likeness (QED) is 0.291. The summed E-state index contributed by atoms with van der Waals surface area (Å²) in [6, 6.07) is 4.67. The number of hydrogen-bond acceptors (Lipinski definition) is 4. The molecule has 0 aromatic carbocycles. The molecule has 6 rings (SSSR count). The van der Waals surface area contributed by atoms with Gasteiger partial charge in [0.1, 0.15) is 0 Å². The van der Waals surface area contributed by atoms with Crippen LogP contribution in [0.4, 0.5) is 0 Å². The third kappa shape index (κ3) is 1.36. The van der Waals surface area contributed by atoms with E-state index in [9.17, 15) is 0 Å². The Morgan fingerprint density at radius 1 is 0.625 bits per heavy atom. The molecule has 4 aromatic rings. The zero-order valence-electron chi connectivity index (χ0n) is 13.9. The van der Waals surface area contributed by atoms with Gasteiger partial charge in [0.2, 0.25) is 0 Å². The summed E-state index contributed by atoms with van der Waals surface area (Å²) in [4.78, 5) is 6.12. The van der Waals surface area contributed by atoms with Gasteiger partial charge in [-0.15, -0.1) is 45.3 Å². The molecule has 4 heterocycles. The molecule has 2 aliphatic carbocycles. The minimum Gasteiger partial charge on any atom is -0.143 e. The minimum atomic E-state index is 0.143. The van der Waals surface area contributed by atoms with E-state index in [1.807, 2.05) is 45.3 Å². The van der Waals surface area contributed by atoms with Gasteiger partial charge in [-0.3, -0.25) is 0 Å². The Balaban J connectivity index is 1.76. The standard InChI is InChI=1S/C20H16S4/c1-19(2)9-5-7-21-13(9)15-11(19)17-18(23-15)12-16(24-17)14-10(6-8-22-14)20(12,3)4/h5-8H,1-4H3. The van der Waals surface area contributed by atoms with Crippen molar-refractivity contribution in [1.82, 2.24) is 0 Å². The van der Waals surface area contributed by atoms with Crippen molar-refractivity contribution in [3.8, 4) is 19.5 Å². The molecule has 0 amide bonds. The van der Waals surface area contributed by atoms with E-state index in [0.29, 0.717) is 0 Å². The fraction of sp³-hybridized carbons (Fsp3) is 0.300. The van der Waals surface area contributed by atoms with Crippen molar-refractivity contribution in [1.29, 1.82) is 0 Å². The molecule has 0 nitrogen and oxygen atoms in total. The molecule has 0 saturated heterocycles. The number of rotatable bonds is 0. The first-order chi connectivity index (χ1) is 11.4. The van der Waals surface area contributed by atoms with Crippen molar-refractivity contribution in [2.24, 2.45) is 0 Å². The maximum Gasteiger partial charge on any atom is 0.0508 e. The van der Waals surface area contributed by atoms with Crippen LogP contribution in [0, 0.1) is 0 Å². The van der Waals surface area contributed by atoms with E-state index in [-0.39, 0.29) is 10.8 Å². The average Bonchev–Trinajstić information content (AvgIpc) is 3.26.